The number of rotatable bonds is 3. The summed E-state index contributed by atoms with van der Waals surface area (Å²) in [5, 5.41) is 11.5. The van der Waals surface area contributed by atoms with Crippen LogP contribution < -0.4 is 10.2 Å². The molecule has 0 atom stereocenters. The van der Waals surface area contributed by atoms with Crippen molar-refractivity contribution in [1.29, 1.82) is 0 Å². The fourth-order valence-corrected chi connectivity index (χ4v) is 1.81. The third-order valence-electron chi connectivity index (χ3n) is 2.54. The van der Waals surface area contributed by atoms with Crippen molar-refractivity contribution in [1.82, 2.24) is 0 Å². The Hall–Kier alpha value is -2.30. The van der Waals surface area contributed by atoms with E-state index < -0.39 is 5.97 Å². The molecule has 1 heterocycles. The SMILES string of the molecule is C=CCN1CC(=O)Nc2cc(C(=O)O)ccc21. The van der Waals surface area contributed by atoms with Crippen LogP contribution in [-0.4, -0.2) is 30.1 Å². The van der Waals surface area contributed by atoms with Gasteiger partial charge in [-0.05, 0) is 18.2 Å². The Morgan fingerprint density at radius 3 is 3.00 bits per heavy atom. The first kappa shape index (κ1) is 11.2. The number of nitrogens with one attached hydrogen (secondary N) is 1. The Labute approximate surface area is 98.4 Å². The van der Waals surface area contributed by atoms with E-state index in [1.807, 2.05) is 4.90 Å². The normalized spacial score (nSPS) is 13.9. The van der Waals surface area contributed by atoms with Gasteiger partial charge in [0.2, 0.25) is 5.91 Å². The molecule has 1 amide bonds. The molecule has 17 heavy (non-hydrogen) atoms. The average molecular weight is 232 g/mol. The van der Waals surface area contributed by atoms with Gasteiger partial charge in [0.1, 0.15) is 0 Å². The quantitative estimate of drug-likeness (QED) is 0.771. The van der Waals surface area contributed by atoms with Crippen molar-refractivity contribution in [3.05, 3.63) is 36.4 Å². The summed E-state index contributed by atoms with van der Waals surface area (Å²) >= 11 is 0. The second kappa shape index (κ2) is 4.29. The molecule has 1 aliphatic heterocycles. The standard InChI is InChI=1S/C12H12N2O3/c1-2-5-14-7-11(15)13-9-6-8(12(16)17)3-4-10(9)14/h2-4,6H,1,5,7H2,(H,13,15)(H,16,17). The molecular weight excluding hydrogens is 220 g/mol. The van der Waals surface area contributed by atoms with Crippen molar-refractivity contribution in [2.45, 2.75) is 0 Å². The Morgan fingerprint density at radius 1 is 1.59 bits per heavy atom. The highest BCUT2D eigenvalue weighted by Crippen LogP contribution is 2.30. The lowest BCUT2D eigenvalue weighted by atomic mass is 10.1. The first-order valence-electron chi connectivity index (χ1n) is 5.15. The van der Waals surface area contributed by atoms with Crippen LogP contribution in [0.2, 0.25) is 0 Å². The summed E-state index contributed by atoms with van der Waals surface area (Å²) in [4.78, 5) is 24.1. The van der Waals surface area contributed by atoms with E-state index in [1.165, 1.54) is 12.1 Å². The number of benzene rings is 1. The monoisotopic (exact) mass is 232 g/mol. The predicted molar refractivity (Wildman–Crippen MR) is 64.4 cm³/mol. The summed E-state index contributed by atoms with van der Waals surface area (Å²) in [6, 6.07) is 4.68. The van der Waals surface area contributed by atoms with Gasteiger partial charge in [0, 0.05) is 6.54 Å². The molecule has 0 unspecified atom stereocenters. The molecule has 0 aromatic heterocycles. The van der Waals surface area contributed by atoms with Crippen molar-refractivity contribution < 1.29 is 14.7 Å². The van der Waals surface area contributed by atoms with E-state index in [2.05, 4.69) is 11.9 Å². The summed E-state index contributed by atoms with van der Waals surface area (Å²) in [6.07, 6.45) is 1.70. The Bertz CT molecular complexity index is 497. The van der Waals surface area contributed by atoms with Crippen LogP contribution >= 0.6 is 0 Å². The molecule has 0 spiro atoms. The number of hydrogen-bond donors (Lipinski definition) is 2. The van der Waals surface area contributed by atoms with Crippen LogP contribution in [0.4, 0.5) is 11.4 Å². The lowest BCUT2D eigenvalue weighted by Gasteiger charge is -2.30. The smallest absolute Gasteiger partial charge is 0.335 e. The number of carboxylic acids is 1. The third kappa shape index (κ3) is 2.13. The van der Waals surface area contributed by atoms with Gasteiger partial charge in [-0.2, -0.15) is 0 Å². The van der Waals surface area contributed by atoms with Gasteiger partial charge >= 0.3 is 5.97 Å². The highest BCUT2D eigenvalue weighted by atomic mass is 16.4. The summed E-state index contributed by atoms with van der Waals surface area (Å²) in [6.45, 7) is 4.43. The summed E-state index contributed by atoms with van der Waals surface area (Å²) in [5.74, 6) is -1.16. The first-order chi connectivity index (χ1) is 8.11. The molecule has 5 heteroatoms. The second-order valence-corrected chi connectivity index (χ2v) is 3.75. The van der Waals surface area contributed by atoms with Gasteiger partial charge in [0.15, 0.2) is 0 Å². The fourth-order valence-electron chi connectivity index (χ4n) is 1.81. The molecule has 2 rings (SSSR count). The first-order valence-corrected chi connectivity index (χ1v) is 5.15. The van der Waals surface area contributed by atoms with E-state index in [-0.39, 0.29) is 18.0 Å². The maximum atomic E-state index is 11.5. The number of fused-ring (bicyclic) bond motifs is 1. The van der Waals surface area contributed by atoms with Crippen molar-refractivity contribution in [2.75, 3.05) is 23.3 Å². The van der Waals surface area contributed by atoms with E-state index in [0.717, 1.165) is 5.69 Å². The van der Waals surface area contributed by atoms with Crippen molar-refractivity contribution in [3.8, 4) is 0 Å². The Balaban J connectivity index is 2.43. The molecule has 0 saturated heterocycles. The summed E-state index contributed by atoms with van der Waals surface area (Å²) in [5.41, 5.74) is 1.50. The number of anilines is 2. The lowest BCUT2D eigenvalue weighted by Crippen LogP contribution is -2.38. The Kier molecular flexibility index (Phi) is 2.82. The molecule has 2 N–H and O–H groups in total. The van der Waals surface area contributed by atoms with E-state index in [4.69, 9.17) is 5.11 Å². The van der Waals surface area contributed by atoms with Gasteiger partial charge in [0.05, 0.1) is 23.5 Å². The van der Waals surface area contributed by atoms with E-state index in [1.54, 1.807) is 12.1 Å². The summed E-state index contributed by atoms with van der Waals surface area (Å²) < 4.78 is 0. The minimum atomic E-state index is -1.01. The van der Waals surface area contributed by atoms with Gasteiger partial charge in [-0.1, -0.05) is 6.08 Å². The van der Waals surface area contributed by atoms with Gasteiger partial charge in [0.25, 0.3) is 0 Å². The lowest BCUT2D eigenvalue weighted by molar-refractivity contribution is -0.115. The van der Waals surface area contributed by atoms with Crippen molar-refractivity contribution >= 4 is 23.3 Å². The van der Waals surface area contributed by atoms with Crippen LogP contribution in [0.5, 0.6) is 0 Å². The second-order valence-electron chi connectivity index (χ2n) is 3.75. The number of carboxylic acid groups (broad SMARTS) is 1. The molecule has 0 radical (unpaired) electrons. The molecule has 1 aromatic carbocycles. The van der Waals surface area contributed by atoms with Gasteiger partial charge < -0.3 is 15.3 Å². The topological polar surface area (TPSA) is 69.6 Å². The van der Waals surface area contributed by atoms with E-state index >= 15 is 0 Å². The van der Waals surface area contributed by atoms with Gasteiger partial charge in [-0.25, -0.2) is 4.79 Å². The van der Waals surface area contributed by atoms with Crippen LogP contribution in [0, 0.1) is 0 Å². The minimum Gasteiger partial charge on any atom is -0.478 e. The maximum Gasteiger partial charge on any atom is 0.335 e. The number of nitrogens with zero attached hydrogens (tertiary/aromatic N) is 1. The van der Waals surface area contributed by atoms with Gasteiger partial charge in [-0.3, -0.25) is 4.79 Å². The molecule has 0 bridgehead atoms. The highest BCUT2D eigenvalue weighted by molar-refractivity contribution is 6.03. The molecule has 0 aliphatic carbocycles. The van der Waals surface area contributed by atoms with Crippen LogP contribution in [0.25, 0.3) is 0 Å². The summed E-state index contributed by atoms with van der Waals surface area (Å²) in [7, 11) is 0. The molecule has 1 aromatic rings. The number of carbonyl (C=O) groups excluding carboxylic acids is 1. The average Bonchev–Trinajstić information content (AvgIpc) is 2.28. The third-order valence-corrected chi connectivity index (χ3v) is 2.54. The zero-order valence-electron chi connectivity index (χ0n) is 9.14. The highest BCUT2D eigenvalue weighted by Gasteiger charge is 2.21. The van der Waals surface area contributed by atoms with Crippen LogP contribution in [0.15, 0.2) is 30.9 Å². The number of carbonyl (C=O) groups is 2. The molecule has 88 valence electrons. The van der Waals surface area contributed by atoms with Crippen LogP contribution in [0.3, 0.4) is 0 Å². The molecule has 0 fully saturated rings. The van der Waals surface area contributed by atoms with Gasteiger partial charge in [-0.15, -0.1) is 6.58 Å². The van der Waals surface area contributed by atoms with Crippen LogP contribution in [0.1, 0.15) is 10.4 Å². The zero-order chi connectivity index (χ0) is 12.4. The number of aromatic carboxylic acids is 1. The van der Waals surface area contributed by atoms with Crippen molar-refractivity contribution in [3.63, 3.8) is 0 Å². The van der Waals surface area contributed by atoms with E-state index in [0.29, 0.717) is 12.2 Å². The maximum absolute atomic E-state index is 11.5. The molecule has 1 aliphatic rings. The molecule has 5 nitrogen and oxygen atoms in total. The predicted octanol–water partition coefficient (Wildman–Crippen LogP) is 1.33. The van der Waals surface area contributed by atoms with E-state index in [9.17, 15) is 9.59 Å². The van der Waals surface area contributed by atoms with Crippen LogP contribution in [-0.2, 0) is 4.79 Å². The fraction of sp³-hybridized carbons (Fsp3) is 0.167. The Morgan fingerprint density at radius 2 is 2.35 bits per heavy atom. The molecular formula is C12H12N2O3. The number of amides is 1. The minimum absolute atomic E-state index is 0.151. The van der Waals surface area contributed by atoms with Crippen molar-refractivity contribution in [2.24, 2.45) is 0 Å². The molecule has 0 saturated carbocycles. The number of hydrogen-bond acceptors (Lipinski definition) is 3. The largest absolute Gasteiger partial charge is 0.478 e. The zero-order valence-corrected chi connectivity index (χ0v) is 9.14.